The van der Waals surface area contributed by atoms with E-state index in [2.05, 4.69) is 27.7 Å². The van der Waals surface area contributed by atoms with Crippen molar-refractivity contribution in [2.75, 3.05) is 0 Å². The highest BCUT2D eigenvalue weighted by molar-refractivity contribution is 4.87. The minimum Gasteiger partial charge on any atom is -0.0623 e. The fraction of sp³-hybridized carbons (Fsp3) is 1.00. The first-order valence-corrected chi connectivity index (χ1v) is 8.01. The summed E-state index contributed by atoms with van der Waals surface area (Å²) in [6, 6.07) is 0. The number of hydrogen-bond acceptors (Lipinski definition) is 0. The average molecular weight is 236 g/mol. The Morgan fingerprint density at radius 3 is 1.71 bits per heavy atom. The second-order valence-corrected chi connectivity index (χ2v) is 7.63. The Kier molecular flexibility index (Phi) is 4.21. The van der Waals surface area contributed by atoms with Gasteiger partial charge in [-0.25, -0.2) is 0 Å². The molecule has 0 unspecified atom stereocenters. The van der Waals surface area contributed by atoms with Crippen molar-refractivity contribution in [3.05, 3.63) is 0 Å². The third-order valence-electron chi connectivity index (χ3n) is 6.38. The maximum absolute atomic E-state index is 2.50. The van der Waals surface area contributed by atoms with E-state index < -0.39 is 0 Å². The molecule has 0 radical (unpaired) electrons. The van der Waals surface area contributed by atoms with Crippen molar-refractivity contribution in [2.24, 2.45) is 29.1 Å². The fourth-order valence-corrected chi connectivity index (χ4v) is 4.23. The lowest BCUT2D eigenvalue weighted by Crippen LogP contribution is -2.33. The number of hydrogen-bond donors (Lipinski definition) is 0. The SMILES string of the molecule is CC(C)C(C)(C)C1CCC(C2CCCC2)CC1. The Labute approximate surface area is 109 Å². The molecule has 0 heteroatoms. The molecule has 0 aromatic heterocycles. The molecule has 0 N–H and O–H groups in total. The molecule has 17 heavy (non-hydrogen) atoms. The smallest absolute Gasteiger partial charge is 0.0303 e. The lowest BCUT2D eigenvalue weighted by molar-refractivity contribution is 0.0728. The maximum Gasteiger partial charge on any atom is -0.0303 e. The van der Waals surface area contributed by atoms with Crippen molar-refractivity contribution in [1.29, 1.82) is 0 Å². The fourth-order valence-electron chi connectivity index (χ4n) is 4.23. The van der Waals surface area contributed by atoms with Gasteiger partial charge >= 0.3 is 0 Å². The minimum atomic E-state index is 0.556. The van der Waals surface area contributed by atoms with E-state index in [1.807, 2.05) is 0 Å². The monoisotopic (exact) mass is 236 g/mol. The third kappa shape index (κ3) is 2.88. The van der Waals surface area contributed by atoms with Gasteiger partial charge in [-0.2, -0.15) is 0 Å². The van der Waals surface area contributed by atoms with E-state index in [1.165, 1.54) is 38.5 Å². The van der Waals surface area contributed by atoms with E-state index >= 15 is 0 Å². The summed E-state index contributed by atoms with van der Waals surface area (Å²) in [6.07, 6.45) is 12.2. The van der Waals surface area contributed by atoms with Crippen molar-refractivity contribution >= 4 is 0 Å². The first-order valence-electron chi connectivity index (χ1n) is 8.01. The Balaban J connectivity index is 1.85. The molecule has 0 heterocycles. The van der Waals surface area contributed by atoms with Crippen molar-refractivity contribution in [1.82, 2.24) is 0 Å². The maximum atomic E-state index is 2.50. The van der Waals surface area contributed by atoms with Crippen LogP contribution >= 0.6 is 0 Å². The van der Waals surface area contributed by atoms with Crippen LogP contribution in [0.4, 0.5) is 0 Å². The van der Waals surface area contributed by atoms with Gasteiger partial charge in [0.2, 0.25) is 0 Å². The molecular formula is C17H32. The van der Waals surface area contributed by atoms with Crippen molar-refractivity contribution < 1.29 is 0 Å². The summed E-state index contributed by atoms with van der Waals surface area (Å²) in [5, 5.41) is 0. The predicted molar refractivity (Wildman–Crippen MR) is 76.0 cm³/mol. The molecule has 0 nitrogen and oxygen atoms in total. The molecule has 2 aliphatic carbocycles. The predicted octanol–water partition coefficient (Wildman–Crippen LogP) is 5.67. The van der Waals surface area contributed by atoms with Crippen molar-refractivity contribution in [3.8, 4) is 0 Å². The summed E-state index contributed by atoms with van der Waals surface area (Å²) in [7, 11) is 0. The minimum absolute atomic E-state index is 0.556. The first-order chi connectivity index (χ1) is 8.01. The zero-order valence-electron chi connectivity index (χ0n) is 12.5. The van der Waals surface area contributed by atoms with E-state index in [1.54, 1.807) is 12.8 Å². The molecular weight excluding hydrogens is 204 g/mol. The van der Waals surface area contributed by atoms with Crippen LogP contribution in [0, 0.1) is 29.1 Å². The molecule has 0 atom stereocenters. The van der Waals surface area contributed by atoms with E-state index in [-0.39, 0.29) is 0 Å². The van der Waals surface area contributed by atoms with Crippen LogP contribution in [0.3, 0.4) is 0 Å². The summed E-state index contributed by atoms with van der Waals surface area (Å²) >= 11 is 0. The second kappa shape index (κ2) is 5.33. The quantitative estimate of drug-likeness (QED) is 0.592. The highest BCUT2D eigenvalue weighted by Crippen LogP contribution is 2.47. The summed E-state index contributed by atoms with van der Waals surface area (Å²) in [5.41, 5.74) is 0.556. The van der Waals surface area contributed by atoms with Gasteiger partial charge in [-0.3, -0.25) is 0 Å². The molecule has 0 aromatic rings. The Bertz CT molecular complexity index is 224. The summed E-state index contributed by atoms with van der Waals surface area (Å²) in [6.45, 7) is 9.81. The van der Waals surface area contributed by atoms with E-state index in [9.17, 15) is 0 Å². The third-order valence-corrected chi connectivity index (χ3v) is 6.38. The molecule has 2 aliphatic rings. The molecule has 2 fully saturated rings. The molecule has 0 aromatic carbocycles. The van der Waals surface area contributed by atoms with E-state index in [0.717, 1.165) is 23.7 Å². The van der Waals surface area contributed by atoms with Gasteiger partial charge in [0.15, 0.2) is 0 Å². The Hall–Kier alpha value is 0. The van der Waals surface area contributed by atoms with Crippen molar-refractivity contribution in [3.63, 3.8) is 0 Å². The lowest BCUT2D eigenvalue weighted by atomic mass is 9.62. The van der Waals surface area contributed by atoms with E-state index in [4.69, 9.17) is 0 Å². The van der Waals surface area contributed by atoms with E-state index in [0.29, 0.717) is 5.41 Å². The van der Waals surface area contributed by atoms with Gasteiger partial charge in [-0.15, -0.1) is 0 Å². The summed E-state index contributed by atoms with van der Waals surface area (Å²) in [4.78, 5) is 0. The Morgan fingerprint density at radius 2 is 1.24 bits per heavy atom. The van der Waals surface area contributed by atoms with Crippen LogP contribution in [0.15, 0.2) is 0 Å². The second-order valence-electron chi connectivity index (χ2n) is 7.63. The average Bonchev–Trinajstić information content (AvgIpc) is 2.82. The van der Waals surface area contributed by atoms with Gasteiger partial charge in [0.1, 0.15) is 0 Å². The molecule has 2 saturated carbocycles. The molecule has 0 bridgehead atoms. The zero-order chi connectivity index (χ0) is 12.5. The highest BCUT2D eigenvalue weighted by Gasteiger charge is 2.37. The standard InChI is InChI=1S/C17H32/c1-13(2)17(3,4)16-11-9-15(10-12-16)14-7-5-6-8-14/h13-16H,5-12H2,1-4H3. The highest BCUT2D eigenvalue weighted by atomic mass is 14.4. The van der Waals surface area contributed by atoms with Crippen molar-refractivity contribution in [2.45, 2.75) is 79.1 Å². The van der Waals surface area contributed by atoms with Gasteiger partial charge in [0.05, 0.1) is 0 Å². The van der Waals surface area contributed by atoms with Crippen LogP contribution in [0.25, 0.3) is 0 Å². The lowest BCUT2D eigenvalue weighted by Gasteiger charge is -2.43. The van der Waals surface area contributed by atoms with Crippen LogP contribution < -0.4 is 0 Å². The van der Waals surface area contributed by atoms with Gasteiger partial charge in [-0.05, 0) is 54.8 Å². The summed E-state index contributed by atoms with van der Waals surface area (Å²) < 4.78 is 0. The van der Waals surface area contributed by atoms with Crippen LogP contribution in [0.1, 0.15) is 79.1 Å². The van der Waals surface area contributed by atoms with Crippen LogP contribution in [0.2, 0.25) is 0 Å². The van der Waals surface area contributed by atoms with Crippen LogP contribution in [-0.2, 0) is 0 Å². The van der Waals surface area contributed by atoms with Gasteiger partial charge in [-0.1, -0.05) is 53.4 Å². The Morgan fingerprint density at radius 1 is 0.765 bits per heavy atom. The van der Waals surface area contributed by atoms with Crippen LogP contribution in [0.5, 0.6) is 0 Å². The topological polar surface area (TPSA) is 0 Å². The molecule has 0 aliphatic heterocycles. The molecule has 2 rings (SSSR count). The van der Waals surface area contributed by atoms with Gasteiger partial charge in [0, 0.05) is 0 Å². The number of rotatable bonds is 3. The largest absolute Gasteiger partial charge is 0.0623 e. The molecule has 0 amide bonds. The van der Waals surface area contributed by atoms with Crippen LogP contribution in [-0.4, -0.2) is 0 Å². The first kappa shape index (κ1) is 13.4. The van der Waals surface area contributed by atoms with Gasteiger partial charge in [0.25, 0.3) is 0 Å². The van der Waals surface area contributed by atoms with Gasteiger partial charge < -0.3 is 0 Å². The normalized spacial score (nSPS) is 32.3. The molecule has 0 saturated heterocycles. The summed E-state index contributed by atoms with van der Waals surface area (Å²) in [5.74, 6) is 4.02. The molecule has 0 spiro atoms. The molecule has 100 valence electrons. The zero-order valence-corrected chi connectivity index (χ0v) is 12.5.